The Labute approximate surface area is 144 Å². The molecule has 0 saturated heterocycles. The fraction of sp³-hybridized carbons (Fsp3) is 0.222. The van der Waals surface area contributed by atoms with Crippen molar-refractivity contribution in [1.82, 2.24) is 9.13 Å². The van der Waals surface area contributed by atoms with Gasteiger partial charge in [0.25, 0.3) is 5.56 Å². The Kier molecular flexibility index (Phi) is 4.47. The molecule has 0 aliphatic carbocycles. The van der Waals surface area contributed by atoms with Crippen molar-refractivity contribution in [3.05, 3.63) is 53.1 Å². The largest absolute Gasteiger partial charge is 0.497 e. The topological polar surface area (TPSA) is 74.5 Å². The maximum absolute atomic E-state index is 12.5. The van der Waals surface area contributed by atoms with Crippen LogP contribution in [0.3, 0.4) is 0 Å². The standard InChI is InChI=1S/C18H19N3O4/c1-20-6-4-12-5-7-21(18(23)17(12)20)11-16(22)19-13-8-14(24-2)10-15(9-13)25-3/h4-10H,11H2,1-3H3,(H,19,22). The average molecular weight is 341 g/mol. The Morgan fingerprint density at radius 3 is 2.36 bits per heavy atom. The number of carbonyl (C=O) groups is 1. The summed E-state index contributed by atoms with van der Waals surface area (Å²) in [6.45, 7) is -0.0839. The van der Waals surface area contributed by atoms with E-state index in [1.807, 2.05) is 18.3 Å². The molecule has 3 aromatic rings. The highest BCUT2D eigenvalue weighted by molar-refractivity contribution is 5.91. The zero-order valence-electron chi connectivity index (χ0n) is 14.3. The molecule has 1 amide bonds. The third kappa shape index (κ3) is 3.35. The van der Waals surface area contributed by atoms with Crippen molar-refractivity contribution in [3.8, 4) is 11.5 Å². The molecule has 2 aromatic heterocycles. The maximum Gasteiger partial charge on any atom is 0.275 e. The van der Waals surface area contributed by atoms with Crippen LogP contribution in [0.15, 0.2) is 47.5 Å². The molecule has 0 aliphatic rings. The van der Waals surface area contributed by atoms with Gasteiger partial charge in [-0.15, -0.1) is 0 Å². The summed E-state index contributed by atoms with van der Waals surface area (Å²) in [5.74, 6) is 0.819. The van der Waals surface area contributed by atoms with Gasteiger partial charge in [0, 0.05) is 48.7 Å². The number of benzene rings is 1. The monoisotopic (exact) mass is 341 g/mol. The number of carbonyl (C=O) groups excluding carboxylic acids is 1. The Hall–Kier alpha value is -3.22. The Morgan fingerprint density at radius 2 is 1.72 bits per heavy atom. The lowest BCUT2D eigenvalue weighted by Crippen LogP contribution is -2.27. The van der Waals surface area contributed by atoms with Gasteiger partial charge in [0.2, 0.25) is 5.91 Å². The number of amides is 1. The van der Waals surface area contributed by atoms with E-state index in [1.54, 1.807) is 36.0 Å². The number of aryl methyl sites for hydroxylation is 1. The van der Waals surface area contributed by atoms with E-state index < -0.39 is 0 Å². The number of hydrogen-bond donors (Lipinski definition) is 1. The van der Waals surface area contributed by atoms with Crippen LogP contribution in [0, 0.1) is 0 Å². The lowest BCUT2D eigenvalue weighted by Gasteiger charge is -2.11. The second-order valence-electron chi connectivity index (χ2n) is 5.63. The van der Waals surface area contributed by atoms with Crippen molar-refractivity contribution >= 4 is 22.5 Å². The van der Waals surface area contributed by atoms with E-state index in [4.69, 9.17) is 9.47 Å². The Bertz CT molecular complexity index is 965. The molecule has 2 heterocycles. The summed E-state index contributed by atoms with van der Waals surface area (Å²) in [6.07, 6.45) is 3.44. The van der Waals surface area contributed by atoms with Crippen LogP contribution in [0.2, 0.25) is 0 Å². The number of methoxy groups -OCH3 is 2. The molecule has 0 radical (unpaired) electrons. The fourth-order valence-electron chi connectivity index (χ4n) is 2.69. The summed E-state index contributed by atoms with van der Waals surface area (Å²) < 4.78 is 13.5. The summed E-state index contributed by atoms with van der Waals surface area (Å²) in [4.78, 5) is 24.9. The molecule has 0 fully saturated rings. The molecule has 25 heavy (non-hydrogen) atoms. The number of anilines is 1. The third-order valence-corrected chi connectivity index (χ3v) is 3.95. The Balaban J connectivity index is 1.82. The van der Waals surface area contributed by atoms with Gasteiger partial charge in [-0.25, -0.2) is 0 Å². The smallest absolute Gasteiger partial charge is 0.275 e. The molecule has 0 atom stereocenters. The van der Waals surface area contributed by atoms with Crippen LogP contribution in [0.1, 0.15) is 0 Å². The minimum Gasteiger partial charge on any atom is -0.497 e. The average Bonchev–Trinajstić information content (AvgIpc) is 2.98. The maximum atomic E-state index is 12.5. The van der Waals surface area contributed by atoms with E-state index >= 15 is 0 Å². The van der Waals surface area contributed by atoms with E-state index in [9.17, 15) is 9.59 Å². The van der Waals surface area contributed by atoms with Gasteiger partial charge in [-0.3, -0.25) is 9.59 Å². The van der Waals surface area contributed by atoms with E-state index in [1.165, 1.54) is 18.8 Å². The highest BCUT2D eigenvalue weighted by atomic mass is 16.5. The molecule has 0 unspecified atom stereocenters. The molecule has 0 spiro atoms. The van der Waals surface area contributed by atoms with Crippen molar-refractivity contribution in [2.45, 2.75) is 6.54 Å². The van der Waals surface area contributed by atoms with Gasteiger partial charge in [-0.1, -0.05) is 0 Å². The first-order chi connectivity index (χ1) is 12.0. The molecule has 0 bridgehead atoms. The summed E-state index contributed by atoms with van der Waals surface area (Å²) in [5.41, 5.74) is 0.899. The zero-order chi connectivity index (χ0) is 18.0. The first-order valence-electron chi connectivity index (χ1n) is 7.69. The van der Waals surface area contributed by atoms with Gasteiger partial charge in [-0.05, 0) is 12.1 Å². The van der Waals surface area contributed by atoms with Gasteiger partial charge < -0.3 is 23.9 Å². The van der Waals surface area contributed by atoms with Crippen LogP contribution in [0.5, 0.6) is 11.5 Å². The SMILES string of the molecule is COc1cc(NC(=O)Cn2ccc3ccn(C)c3c2=O)cc(OC)c1. The van der Waals surface area contributed by atoms with Crippen molar-refractivity contribution < 1.29 is 14.3 Å². The van der Waals surface area contributed by atoms with Crippen LogP contribution in [-0.4, -0.2) is 29.3 Å². The Morgan fingerprint density at radius 1 is 1.08 bits per heavy atom. The van der Waals surface area contributed by atoms with E-state index in [-0.39, 0.29) is 18.0 Å². The third-order valence-electron chi connectivity index (χ3n) is 3.95. The minimum atomic E-state index is -0.314. The number of nitrogens with one attached hydrogen (secondary N) is 1. The predicted octanol–water partition coefficient (Wildman–Crippen LogP) is 2.00. The molecule has 7 nitrogen and oxygen atoms in total. The van der Waals surface area contributed by atoms with Gasteiger partial charge in [0.1, 0.15) is 23.6 Å². The molecular formula is C18H19N3O4. The second-order valence-corrected chi connectivity index (χ2v) is 5.63. The molecule has 1 N–H and O–H groups in total. The van der Waals surface area contributed by atoms with Gasteiger partial charge >= 0.3 is 0 Å². The lowest BCUT2D eigenvalue weighted by molar-refractivity contribution is -0.116. The first-order valence-corrected chi connectivity index (χ1v) is 7.69. The van der Waals surface area contributed by atoms with E-state index in [0.717, 1.165) is 5.39 Å². The molecule has 1 aromatic carbocycles. The van der Waals surface area contributed by atoms with E-state index in [2.05, 4.69) is 5.32 Å². The van der Waals surface area contributed by atoms with Gasteiger partial charge in [0.05, 0.1) is 14.2 Å². The van der Waals surface area contributed by atoms with Gasteiger partial charge in [0.15, 0.2) is 0 Å². The summed E-state index contributed by atoms with van der Waals surface area (Å²) in [5, 5.41) is 3.61. The first kappa shape index (κ1) is 16.6. The second kappa shape index (κ2) is 6.72. The summed E-state index contributed by atoms with van der Waals surface area (Å²) in [7, 11) is 4.88. The molecule has 3 rings (SSSR count). The van der Waals surface area contributed by atoms with Gasteiger partial charge in [-0.2, -0.15) is 0 Å². The van der Waals surface area contributed by atoms with Crippen LogP contribution in [0.25, 0.3) is 10.9 Å². The van der Waals surface area contributed by atoms with Crippen molar-refractivity contribution in [1.29, 1.82) is 0 Å². The van der Waals surface area contributed by atoms with Crippen LogP contribution in [-0.2, 0) is 18.4 Å². The zero-order valence-corrected chi connectivity index (χ0v) is 14.3. The number of rotatable bonds is 5. The molecule has 0 aliphatic heterocycles. The molecular weight excluding hydrogens is 322 g/mol. The fourth-order valence-corrected chi connectivity index (χ4v) is 2.69. The number of ether oxygens (including phenoxy) is 2. The van der Waals surface area contributed by atoms with Crippen molar-refractivity contribution in [2.75, 3.05) is 19.5 Å². The quantitative estimate of drug-likeness (QED) is 0.770. The molecule has 130 valence electrons. The normalized spacial score (nSPS) is 10.7. The number of hydrogen-bond acceptors (Lipinski definition) is 4. The number of aromatic nitrogens is 2. The number of pyridine rings is 1. The highest BCUT2D eigenvalue weighted by Crippen LogP contribution is 2.25. The van der Waals surface area contributed by atoms with Crippen LogP contribution in [0.4, 0.5) is 5.69 Å². The predicted molar refractivity (Wildman–Crippen MR) is 95.4 cm³/mol. The summed E-state index contributed by atoms with van der Waals surface area (Å²) >= 11 is 0. The minimum absolute atomic E-state index is 0.0839. The van der Waals surface area contributed by atoms with Crippen LogP contribution >= 0.6 is 0 Å². The van der Waals surface area contributed by atoms with Crippen molar-refractivity contribution in [2.24, 2.45) is 7.05 Å². The molecule has 7 heteroatoms. The number of fused-ring (bicyclic) bond motifs is 1. The van der Waals surface area contributed by atoms with Crippen molar-refractivity contribution in [3.63, 3.8) is 0 Å². The van der Waals surface area contributed by atoms with Crippen LogP contribution < -0.4 is 20.3 Å². The molecule has 0 saturated carbocycles. The lowest BCUT2D eigenvalue weighted by atomic mass is 10.2. The van der Waals surface area contributed by atoms with E-state index in [0.29, 0.717) is 22.7 Å². The summed E-state index contributed by atoms with van der Waals surface area (Å²) in [6, 6.07) is 8.76. The number of nitrogens with zero attached hydrogens (tertiary/aromatic N) is 2. The highest BCUT2D eigenvalue weighted by Gasteiger charge is 2.11.